The number of carbonyl (C=O) groups is 2. The van der Waals surface area contributed by atoms with Gasteiger partial charge in [0, 0.05) is 22.2 Å². The molecule has 0 bridgehead atoms. The van der Waals surface area contributed by atoms with E-state index in [1.807, 2.05) is 29.2 Å². The van der Waals surface area contributed by atoms with Gasteiger partial charge in [0.25, 0.3) is 0 Å². The van der Waals surface area contributed by atoms with E-state index in [1.54, 1.807) is 0 Å². The predicted octanol–water partition coefficient (Wildman–Crippen LogP) is 2.03. The Hall–Kier alpha value is -1.15. The highest BCUT2D eigenvalue weighted by atomic mass is 127. The molecular weight excluding hydrogens is 371 g/mol. The molecule has 0 aliphatic carbocycles. The number of likely N-dealkylation sites (tertiary alicyclic amines) is 1. The number of rotatable bonds is 5. The van der Waals surface area contributed by atoms with Gasteiger partial charge in [-0.15, -0.1) is 0 Å². The fourth-order valence-corrected chi connectivity index (χ4v) is 2.98. The third-order valence-electron chi connectivity index (χ3n) is 3.31. The molecule has 0 spiro atoms. The summed E-state index contributed by atoms with van der Waals surface area (Å²) in [5.41, 5.74) is 0.795. The van der Waals surface area contributed by atoms with Gasteiger partial charge in [-0.2, -0.15) is 0 Å². The molecule has 0 aromatic heterocycles. The smallest absolute Gasteiger partial charge is 0.303 e. The van der Waals surface area contributed by atoms with E-state index >= 15 is 0 Å². The topological polar surface area (TPSA) is 69.6 Å². The van der Waals surface area contributed by atoms with Crippen molar-refractivity contribution in [1.82, 2.24) is 4.90 Å². The summed E-state index contributed by atoms with van der Waals surface area (Å²) >= 11 is 2.20. The van der Waals surface area contributed by atoms with Crippen molar-refractivity contribution in [3.8, 4) is 0 Å². The Morgan fingerprint density at radius 3 is 2.95 bits per heavy atom. The van der Waals surface area contributed by atoms with E-state index in [9.17, 15) is 9.59 Å². The lowest BCUT2D eigenvalue weighted by molar-refractivity contribution is -0.138. The van der Waals surface area contributed by atoms with Crippen LogP contribution in [0.5, 0.6) is 0 Å². The Labute approximate surface area is 131 Å². The van der Waals surface area contributed by atoms with E-state index in [0.717, 1.165) is 22.2 Å². The largest absolute Gasteiger partial charge is 0.481 e. The summed E-state index contributed by atoms with van der Waals surface area (Å²) in [6.07, 6.45) is 1.04. The summed E-state index contributed by atoms with van der Waals surface area (Å²) in [4.78, 5) is 24.6. The molecule has 108 valence electrons. The monoisotopic (exact) mass is 388 g/mol. The molecule has 5 nitrogen and oxygen atoms in total. The average molecular weight is 388 g/mol. The Kier molecular flexibility index (Phi) is 5.36. The molecule has 1 aromatic rings. The molecule has 1 atom stereocenters. The van der Waals surface area contributed by atoms with Crippen LogP contribution < -0.4 is 5.32 Å². The van der Waals surface area contributed by atoms with E-state index in [-0.39, 0.29) is 18.2 Å². The SMILES string of the molecule is O=C(O)CC1CCN(CC(=O)Nc2cccc(I)c2)C1. The molecule has 1 heterocycles. The van der Waals surface area contributed by atoms with Gasteiger partial charge in [-0.3, -0.25) is 14.5 Å². The minimum absolute atomic E-state index is 0.0528. The molecule has 0 saturated carbocycles. The molecule has 1 aliphatic heterocycles. The minimum Gasteiger partial charge on any atom is -0.481 e. The van der Waals surface area contributed by atoms with E-state index in [4.69, 9.17) is 5.11 Å². The third kappa shape index (κ3) is 4.75. The molecule has 1 amide bonds. The highest BCUT2D eigenvalue weighted by molar-refractivity contribution is 14.1. The molecule has 1 aromatic carbocycles. The molecule has 0 radical (unpaired) electrons. The highest BCUT2D eigenvalue weighted by Crippen LogP contribution is 2.19. The second-order valence-corrected chi connectivity index (χ2v) is 6.29. The number of amides is 1. The van der Waals surface area contributed by atoms with Crippen molar-refractivity contribution in [2.45, 2.75) is 12.8 Å². The second kappa shape index (κ2) is 7.03. The number of nitrogens with one attached hydrogen (secondary N) is 1. The van der Waals surface area contributed by atoms with Gasteiger partial charge in [0.1, 0.15) is 0 Å². The third-order valence-corrected chi connectivity index (χ3v) is 3.98. The van der Waals surface area contributed by atoms with Gasteiger partial charge in [0.05, 0.1) is 6.54 Å². The molecule has 2 N–H and O–H groups in total. The van der Waals surface area contributed by atoms with Crippen molar-refractivity contribution in [3.63, 3.8) is 0 Å². The zero-order valence-corrected chi connectivity index (χ0v) is 13.2. The zero-order chi connectivity index (χ0) is 14.5. The number of benzene rings is 1. The molecule has 6 heteroatoms. The van der Waals surface area contributed by atoms with Crippen LogP contribution in [-0.4, -0.2) is 41.5 Å². The van der Waals surface area contributed by atoms with Crippen LogP contribution in [0.3, 0.4) is 0 Å². The van der Waals surface area contributed by atoms with Crippen LogP contribution in [0, 0.1) is 9.49 Å². The van der Waals surface area contributed by atoms with Crippen molar-refractivity contribution in [2.75, 3.05) is 25.0 Å². The fraction of sp³-hybridized carbons (Fsp3) is 0.429. The number of hydrogen-bond acceptors (Lipinski definition) is 3. The molecule has 20 heavy (non-hydrogen) atoms. The molecule has 1 fully saturated rings. The van der Waals surface area contributed by atoms with Gasteiger partial charge in [-0.25, -0.2) is 0 Å². The van der Waals surface area contributed by atoms with Crippen LogP contribution >= 0.6 is 22.6 Å². The normalized spacial score (nSPS) is 18.9. The van der Waals surface area contributed by atoms with Gasteiger partial charge in [-0.1, -0.05) is 6.07 Å². The standard InChI is InChI=1S/C14H17IN2O3/c15-11-2-1-3-12(7-11)16-13(18)9-17-5-4-10(8-17)6-14(19)20/h1-3,7,10H,4-6,8-9H2,(H,16,18)(H,19,20). The van der Waals surface area contributed by atoms with Crippen molar-refractivity contribution >= 4 is 40.2 Å². The fourth-order valence-electron chi connectivity index (χ4n) is 2.44. The first-order chi connectivity index (χ1) is 9.52. The first-order valence-electron chi connectivity index (χ1n) is 6.52. The number of nitrogens with zero attached hydrogens (tertiary/aromatic N) is 1. The van der Waals surface area contributed by atoms with Crippen LogP contribution in [0.25, 0.3) is 0 Å². The quantitative estimate of drug-likeness (QED) is 0.758. The number of carboxylic acid groups (broad SMARTS) is 1. The Morgan fingerprint density at radius 1 is 1.45 bits per heavy atom. The Bertz CT molecular complexity index is 507. The minimum atomic E-state index is -0.764. The lowest BCUT2D eigenvalue weighted by atomic mass is 10.1. The molecule has 1 saturated heterocycles. The maximum absolute atomic E-state index is 11.9. The maximum Gasteiger partial charge on any atom is 0.303 e. The van der Waals surface area contributed by atoms with Crippen LogP contribution in [-0.2, 0) is 9.59 Å². The average Bonchev–Trinajstić information content (AvgIpc) is 2.75. The lowest BCUT2D eigenvalue weighted by Gasteiger charge is -2.15. The van der Waals surface area contributed by atoms with Gasteiger partial charge in [-0.05, 0) is 59.7 Å². The summed E-state index contributed by atoms with van der Waals surface area (Å²) in [5.74, 6) is -0.652. The van der Waals surface area contributed by atoms with Crippen molar-refractivity contribution < 1.29 is 14.7 Å². The van der Waals surface area contributed by atoms with Gasteiger partial charge < -0.3 is 10.4 Å². The van der Waals surface area contributed by atoms with Crippen molar-refractivity contribution in [3.05, 3.63) is 27.8 Å². The Balaban J connectivity index is 1.79. The first kappa shape index (κ1) is 15.2. The van der Waals surface area contributed by atoms with Crippen molar-refractivity contribution in [2.24, 2.45) is 5.92 Å². The number of hydrogen-bond donors (Lipinski definition) is 2. The summed E-state index contributed by atoms with van der Waals surface area (Å²) in [7, 11) is 0. The van der Waals surface area contributed by atoms with E-state index in [2.05, 4.69) is 27.9 Å². The first-order valence-corrected chi connectivity index (χ1v) is 7.60. The van der Waals surface area contributed by atoms with E-state index in [0.29, 0.717) is 13.1 Å². The molecule has 1 aliphatic rings. The van der Waals surface area contributed by atoms with Crippen LogP contribution in [0.2, 0.25) is 0 Å². The molecule has 1 unspecified atom stereocenters. The zero-order valence-electron chi connectivity index (χ0n) is 11.0. The molecule has 2 rings (SSSR count). The second-order valence-electron chi connectivity index (χ2n) is 5.05. The van der Waals surface area contributed by atoms with Crippen LogP contribution in [0.15, 0.2) is 24.3 Å². The number of aliphatic carboxylic acids is 1. The maximum atomic E-state index is 11.9. The number of halogens is 1. The summed E-state index contributed by atoms with van der Waals surface area (Å²) in [6.45, 7) is 1.80. The highest BCUT2D eigenvalue weighted by Gasteiger charge is 2.25. The number of anilines is 1. The van der Waals surface area contributed by atoms with E-state index in [1.165, 1.54) is 0 Å². The van der Waals surface area contributed by atoms with Crippen LogP contribution in [0.1, 0.15) is 12.8 Å². The Morgan fingerprint density at radius 2 is 2.25 bits per heavy atom. The van der Waals surface area contributed by atoms with Crippen molar-refractivity contribution in [1.29, 1.82) is 0 Å². The number of carboxylic acids is 1. The summed E-state index contributed by atoms with van der Waals surface area (Å²) in [5, 5.41) is 11.6. The van der Waals surface area contributed by atoms with Gasteiger partial charge in [0.2, 0.25) is 5.91 Å². The van der Waals surface area contributed by atoms with Gasteiger partial charge in [0.15, 0.2) is 0 Å². The lowest BCUT2D eigenvalue weighted by Crippen LogP contribution is -2.31. The summed E-state index contributed by atoms with van der Waals surface area (Å²) < 4.78 is 1.07. The van der Waals surface area contributed by atoms with E-state index < -0.39 is 5.97 Å². The van der Waals surface area contributed by atoms with Gasteiger partial charge >= 0.3 is 5.97 Å². The molecular formula is C14H17IN2O3. The number of carbonyl (C=O) groups excluding carboxylic acids is 1. The predicted molar refractivity (Wildman–Crippen MR) is 84.6 cm³/mol. The summed E-state index contributed by atoms with van der Waals surface area (Å²) in [6, 6.07) is 7.64. The van der Waals surface area contributed by atoms with Crippen LogP contribution in [0.4, 0.5) is 5.69 Å².